The number of hydrogen-bond acceptors (Lipinski definition) is 5. The third kappa shape index (κ3) is 3.92. The van der Waals surface area contributed by atoms with E-state index in [1.54, 1.807) is 12.0 Å². The lowest BCUT2D eigenvalue weighted by Crippen LogP contribution is -2.46. The first-order chi connectivity index (χ1) is 9.01. The second-order valence-electron chi connectivity index (χ2n) is 4.42. The minimum atomic E-state index is -1.15. The molecule has 0 aromatic rings. The molecule has 0 radical (unpaired) electrons. The number of ether oxygens (including phenoxy) is 1. The van der Waals surface area contributed by atoms with E-state index in [1.807, 2.05) is 13.8 Å². The highest BCUT2D eigenvalue weighted by Gasteiger charge is 2.35. The Morgan fingerprint density at radius 2 is 2.32 bits per heavy atom. The molecule has 1 aliphatic rings. The first-order valence-electron chi connectivity index (χ1n) is 6.26. The molecule has 1 heterocycles. The van der Waals surface area contributed by atoms with Crippen LogP contribution < -0.4 is 0 Å². The predicted octanol–water partition coefficient (Wildman–Crippen LogP) is 0.489. The molecular formula is C12H20N2O5. The van der Waals surface area contributed by atoms with Crippen LogP contribution in [0.2, 0.25) is 0 Å². The molecule has 0 aromatic carbocycles. The molecule has 2 unspecified atom stereocenters. The number of aliphatic carboxylic acids is 1. The lowest BCUT2D eigenvalue weighted by atomic mass is 10.1. The summed E-state index contributed by atoms with van der Waals surface area (Å²) >= 11 is 0. The van der Waals surface area contributed by atoms with E-state index in [9.17, 15) is 9.59 Å². The van der Waals surface area contributed by atoms with Crippen LogP contribution in [0.15, 0.2) is 5.16 Å². The Hall–Kier alpha value is -1.63. The highest BCUT2D eigenvalue weighted by atomic mass is 16.6. The molecule has 1 amide bonds. The minimum absolute atomic E-state index is 0.00802. The summed E-state index contributed by atoms with van der Waals surface area (Å²) in [4.78, 5) is 29.6. The third-order valence-electron chi connectivity index (χ3n) is 3.13. The normalized spacial score (nSPS) is 19.5. The summed E-state index contributed by atoms with van der Waals surface area (Å²) in [5, 5.41) is 12.2. The lowest BCUT2D eigenvalue weighted by molar-refractivity contribution is -0.145. The van der Waals surface area contributed by atoms with Crippen LogP contribution in [0.5, 0.6) is 0 Å². The zero-order valence-electron chi connectivity index (χ0n) is 11.5. The Kier molecular flexibility index (Phi) is 5.75. The summed E-state index contributed by atoms with van der Waals surface area (Å²) in [7, 11) is 1.57. The molecule has 0 aromatic heterocycles. The van der Waals surface area contributed by atoms with Gasteiger partial charge in [-0.25, -0.2) is 4.79 Å². The second kappa shape index (κ2) is 7.08. The molecule has 0 bridgehead atoms. The van der Waals surface area contributed by atoms with Crippen LogP contribution in [-0.4, -0.2) is 60.0 Å². The van der Waals surface area contributed by atoms with Crippen LogP contribution in [0.1, 0.15) is 26.7 Å². The van der Waals surface area contributed by atoms with Gasteiger partial charge in [0, 0.05) is 26.1 Å². The van der Waals surface area contributed by atoms with Crippen LogP contribution in [-0.2, 0) is 19.2 Å². The van der Waals surface area contributed by atoms with Gasteiger partial charge in [0.1, 0.15) is 0 Å². The summed E-state index contributed by atoms with van der Waals surface area (Å²) in [6, 6.07) is 0.0418. The van der Waals surface area contributed by atoms with Crippen molar-refractivity contribution in [1.82, 2.24) is 4.90 Å². The fourth-order valence-electron chi connectivity index (χ4n) is 1.78. The topological polar surface area (TPSA) is 88.4 Å². The average molecular weight is 272 g/mol. The molecule has 1 aliphatic heterocycles. The molecule has 19 heavy (non-hydrogen) atoms. The largest absolute Gasteiger partial charge is 0.477 e. The van der Waals surface area contributed by atoms with Crippen molar-refractivity contribution in [3.05, 3.63) is 0 Å². The van der Waals surface area contributed by atoms with Gasteiger partial charge in [-0.2, -0.15) is 0 Å². The Balaban J connectivity index is 2.65. The van der Waals surface area contributed by atoms with Gasteiger partial charge >= 0.3 is 5.97 Å². The van der Waals surface area contributed by atoms with E-state index in [-0.39, 0.29) is 24.1 Å². The minimum Gasteiger partial charge on any atom is -0.477 e. The number of oxime groups is 1. The molecule has 7 heteroatoms. The number of amides is 1. The fraction of sp³-hybridized carbons (Fsp3) is 0.750. The van der Waals surface area contributed by atoms with E-state index < -0.39 is 12.1 Å². The van der Waals surface area contributed by atoms with Crippen molar-refractivity contribution in [3.8, 4) is 0 Å². The Morgan fingerprint density at radius 1 is 1.63 bits per heavy atom. The molecule has 0 spiro atoms. The monoisotopic (exact) mass is 272 g/mol. The SMILES string of the molecule is CCC(C)N(CCOC)C(=O)C1CC(C(=O)O)=NO1. The van der Waals surface area contributed by atoms with Crippen LogP contribution in [0.3, 0.4) is 0 Å². The van der Waals surface area contributed by atoms with Crippen molar-refractivity contribution < 1.29 is 24.3 Å². The van der Waals surface area contributed by atoms with Crippen LogP contribution in [0.25, 0.3) is 0 Å². The van der Waals surface area contributed by atoms with Crippen LogP contribution in [0.4, 0.5) is 0 Å². The van der Waals surface area contributed by atoms with Gasteiger partial charge in [-0.05, 0) is 13.3 Å². The zero-order chi connectivity index (χ0) is 14.4. The van der Waals surface area contributed by atoms with Gasteiger partial charge in [-0.15, -0.1) is 0 Å². The molecule has 0 saturated heterocycles. The van der Waals surface area contributed by atoms with E-state index in [1.165, 1.54) is 0 Å². The summed E-state index contributed by atoms with van der Waals surface area (Å²) < 4.78 is 4.98. The number of carboxylic acid groups (broad SMARTS) is 1. The molecule has 1 rings (SSSR count). The molecule has 0 aliphatic carbocycles. The van der Waals surface area contributed by atoms with Gasteiger partial charge in [0.15, 0.2) is 5.71 Å². The van der Waals surface area contributed by atoms with E-state index in [0.29, 0.717) is 13.2 Å². The van der Waals surface area contributed by atoms with Gasteiger partial charge in [0.25, 0.3) is 5.91 Å². The number of carbonyl (C=O) groups excluding carboxylic acids is 1. The summed E-state index contributed by atoms with van der Waals surface area (Å²) in [5.74, 6) is -1.39. The number of rotatable bonds is 7. The highest BCUT2D eigenvalue weighted by molar-refractivity contribution is 6.36. The van der Waals surface area contributed by atoms with Crippen molar-refractivity contribution in [1.29, 1.82) is 0 Å². The van der Waals surface area contributed by atoms with Gasteiger partial charge in [-0.1, -0.05) is 12.1 Å². The maximum Gasteiger partial charge on any atom is 0.353 e. The molecule has 2 atom stereocenters. The molecule has 1 N–H and O–H groups in total. The molecular weight excluding hydrogens is 252 g/mol. The maximum atomic E-state index is 12.3. The van der Waals surface area contributed by atoms with Gasteiger partial charge in [0.05, 0.1) is 6.61 Å². The highest BCUT2D eigenvalue weighted by Crippen LogP contribution is 2.16. The van der Waals surface area contributed by atoms with Crippen molar-refractivity contribution in [2.24, 2.45) is 5.16 Å². The summed E-state index contributed by atoms with van der Waals surface area (Å²) in [6.07, 6.45) is -0.0277. The van der Waals surface area contributed by atoms with Gasteiger partial charge in [0.2, 0.25) is 6.10 Å². The third-order valence-corrected chi connectivity index (χ3v) is 3.13. The molecule has 0 fully saturated rings. The lowest BCUT2D eigenvalue weighted by Gasteiger charge is -2.29. The summed E-state index contributed by atoms with van der Waals surface area (Å²) in [5.41, 5.74) is -0.116. The Bertz CT molecular complexity index is 369. The van der Waals surface area contributed by atoms with Gasteiger partial charge in [-0.3, -0.25) is 4.79 Å². The van der Waals surface area contributed by atoms with Crippen molar-refractivity contribution in [2.45, 2.75) is 38.8 Å². The number of carbonyl (C=O) groups is 2. The van der Waals surface area contributed by atoms with Crippen LogP contribution in [0, 0.1) is 0 Å². The van der Waals surface area contributed by atoms with E-state index >= 15 is 0 Å². The summed E-state index contributed by atoms with van der Waals surface area (Å²) in [6.45, 7) is 4.79. The fourth-order valence-corrected chi connectivity index (χ4v) is 1.78. The quantitative estimate of drug-likeness (QED) is 0.728. The molecule has 0 saturated carbocycles. The maximum absolute atomic E-state index is 12.3. The standard InChI is InChI=1S/C12H20N2O5/c1-4-8(2)14(5-6-18-3)11(15)10-7-9(12(16)17)13-19-10/h8,10H,4-7H2,1-3H3,(H,16,17). The van der Waals surface area contributed by atoms with Gasteiger partial charge < -0.3 is 19.6 Å². The Labute approximate surface area is 112 Å². The number of nitrogens with zero attached hydrogens (tertiary/aromatic N) is 2. The van der Waals surface area contributed by atoms with Crippen LogP contribution >= 0.6 is 0 Å². The first kappa shape index (κ1) is 15.4. The average Bonchev–Trinajstić information content (AvgIpc) is 2.88. The number of carboxylic acids is 1. The smallest absolute Gasteiger partial charge is 0.353 e. The van der Waals surface area contributed by atoms with Crippen molar-refractivity contribution in [2.75, 3.05) is 20.3 Å². The van der Waals surface area contributed by atoms with E-state index in [0.717, 1.165) is 6.42 Å². The molecule has 7 nitrogen and oxygen atoms in total. The Morgan fingerprint density at radius 3 is 2.79 bits per heavy atom. The molecule has 108 valence electrons. The zero-order valence-corrected chi connectivity index (χ0v) is 11.5. The number of methoxy groups -OCH3 is 1. The predicted molar refractivity (Wildman–Crippen MR) is 67.9 cm³/mol. The second-order valence-corrected chi connectivity index (χ2v) is 4.42. The van der Waals surface area contributed by atoms with E-state index in [4.69, 9.17) is 14.7 Å². The van der Waals surface area contributed by atoms with E-state index in [2.05, 4.69) is 5.16 Å². The first-order valence-corrected chi connectivity index (χ1v) is 6.26. The van der Waals surface area contributed by atoms with Crippen molar-refractivity contribution in [3.63, 3.8) is 0 Å². The number of hydrogen-bond donors (Lipinski definition) is 1. The van der Waals surface area contributed by atoms with Crippen molar-refractivity contribution >= 4 is 17.6 Å².